The summed E-state index contributed by atoms with van der Waals surface area (Å²) in [5.41, 5.74) is 0. The van der Waals surface area contributed by atoms with Gasteiger partial charge >= 0.3 is 0 Å². The SMILES string of the molecule is COCC1OC(OC2C(COC)OC(C(C)C)C(OC)C2OC)C(OC)C(OC)C1OC. The first kappa shape index (κ1) is 27.8. The Bertz CT molecular complexity index is 519. The molecule has 2 fully saturated rings. The third-order valence-electron chi connectivity index (χ3n) is 6.23. The molecule has 0 radical (unpaired) electrons. The molecule has 0 aromatic rings. The molecule has 10 atom stereocenters. The maximum atomic E-state index is 6.52. The summed E-state index contributed by atoms with van der Waals surface area (Å²) in [5, 5.41) is 0. The van der Waals surface area contributed by atoms with Crippen LogP contribution in [-0.2, 0) is 47.4 Å². The standard InChI is InChI=1S/C22H42O10/c1-12(2)15-18(26-6)20(28-8)17(14(30-15)11-24-4)32-22-21(29-9)19(27-7)16(25-5)13(31-22)10-23-3/h12-22H,10-11H2,1-9H3. The fourth-order valence-electron chi connectivity index (χ4n) is 4.72. The average Bonchev–Trinajstić information content (AvgIpc) is 2.79. The van der Waals surface area contributed by atoms with Gasteiger partial charge in [-0.2, -0.15) is 0 Å². The van der Waals surface area contributed by atoms with Crippen molar-refractivity contribution in [3.63, 3.8) is 0 Å². The predicted octanol–water partition coefficient (Wildman–Crippen LogP) is 0.888. The Balaban J connectivity index is 2.35. The van der Waals surface area contributed by atoms with Gasteiger partial charge in [0.05, 0.1) is 19.3 Å². The van der Waals surface area contributed by atoms with E-state index >= 15 is 0 Å². The zero-order valence-corrected chi connectivity index (χ0v) is 20.8. The van der Waals surface area contributed by atoms with Gasteiger partial charge in [-0.25, -0.2) is 0 Å². The van der Waals surface area contributed by atoms with Crippen LogP contribution in [0.1, 0.15) is 13.8 Å². The summed E-state index contributed by atoms with van der Waals surface area (Å²) >= 11 is 0. The Morgan fingerprint density at radius 2 is 1.03 bits per heavy atom. The first-order chi connectivity index (χ1) is 15.4. The summed E-state index contributed by atoms with van der Waals surface area (Å²) in [6.45, 7) is 4.80. The van der Waals surface area contributed by atoms with Crippen molar-refractivity contribution in [1.29, 1.82) is 0 Å². The van der Waals surface area contributed by atoms with Gasteiger partial charge < -0.3 is 47.4 Å². The minimum Gasteiger partial charge on any atom is -0.382 e. The third kappa shape index (κ3) is 5.99. The van der Waals surface area contributed by atoms with Gasteiger partial charge in [0.25, 0.3) is 0 Å². The smallest absolute Gasteiger partial charge is 0.187 e. The molecule has 0 aliphatic carbocycles. The first-order valence-electron chi connectivity index (χ1n) is 11.0. The van der Waals surface area contributed by atoms with Gasteiger partial charge in [0.1, 0.15) is 48.8 Å². The molecular weight excluding hydrogens is 424 g/mol. The normalized spacial score (nSPS) is 40.7. The van der Waals surface area contributed by atoms with E-state index in [9.17, 15) is 0 Å². The van der Waals surface area contributed by atoms with E-state index in [-0.39, 0.29) is 18.1 Å². The van der Waals surface area contributed by atoms with Crippen LogP contribution in [-0.4, -0.2) is 124 Å². The fraction of sp³-hybridized carbons (Fsp3) is 1.00. The molecule has 2 aliphatic heterocycles. The highest BCUT2D eigenvalue weighted by Gasteiger charge is 2.53. The minimum atomic E-state index is -0.782. The van der Waals surface area contributed by atoms with Gasteiger partial charge in [-0.15, -0.1) is 0 Å². The Morgan fingerprint density at radius 1 is 0.562 bits per heavy atom. The molecule has 0 amide bonds. The number of rotatable bonds is 12. The van der Waals surface area contributed by atoms with Gasteiger partial charge in [-0.05, 0) is 5.92 Å². The van der Waals surface area contributed by atoms with Crippen LogP contribution in [0, 0.1) is 5.92 Å². The van der Waals surface area contributed by atoms with Crippen LogP contribution in [0.3, 0.4) is 0 Å². The van der Waals surface area contributed by atoms with E-state index in [4.69, 9.17) is 47.4 Å². The molecule has 32 heavy (non-hydrogen) atoms. The molecule has 2 heterocycles. The number of ether oxygens (including phenoxy) is 10. The summed E-state index contributed by atoms with van der Waals surface area (Å²) in [6.07, 6.45) is -4.44. The van der Waals surface area contributed by atoms with Crippen molar-refractivity contribution in [3.8, 4) is 0 Å². The lowest BCUT2D eigenvalue weighted by Crippen LogP contribution is -2.66. The monoisotopic (exact) mass is 466 g/mol. The molecule has 2 rings (SSSR count). The zero-order chi connectivity index (χ0) is 23.8. The number of hydrogen-bond acceptors (Lipinski definition) is 10. The molecule has 10 nitrogen and oxygen atoms in total. The van der Waals surface area contributed by atoms with Gasteiger partial charge in [-0.1, -0.05) is 13.8 Å². The lowest BCUT2D eigenvalue weighted by atomic mass is 9.88. The van der Waals surface area contributed by atoms with Crippen molar-refractivity contribution in [2.45, 2.75) is 75.1 Å². The van der Waals surface area contributed by atoms with Crippen LogP contribution in [0.2, 0.25) is 0 Å². The van der Waals surface area contributed by atoms with Crippen LogP contribution in [0.5, 0.6) is 0 Å². The molecule has 2 aliphatic rings. The number of hydrogen-bond donors (Lipinski definition) is 0. The summed E-state index contributed by atoms with van der Waals surface area (Å²) in [6, 6.07) is 0. The lowest BCUT2D eigenvalue weighted by Gasteiger charge is -2.50. The highest BCUT2D eigenvalue weighted by Crippen LogP contribution is 2.35. The minimum absolute atomic E-state index is 0.179. The topological polar surface area (TPSA) is 92.3 Å². The summed E-state index contributed by atoms with van der Waals surface area (Å²) in [5.74, 6) is 0.210. The second kappa shape index (κ2) is 13.5. The maximum Gasteiger partial charge on any atom is 0.187 e. The van der Waals surface area contributed by atoms with Gasteiger partial charge in [-0.3, -0.25) is 0 Å². The lowest BCUT2D eigenvalue weighted by molar-refractivity contribution is -0.352. The second-order valence-electron chi connectivity index (χ2n) is 8.44. The fourth-order valence-corrected chi connectivity index (χ4v) is 4.72. The van der Waals surface area contributed by atoms with Crippen molar-refractivity contribution in [3.05, 3.63) is 0 Å². The quantitative estimate of drug-likeness (QED) is 0.413. The predicted molar refractivity (Wildman–Crippen MR) is 115 cm³/mol. The first-order valence-corrected chi connectivity index (χ1v) is 11.0. The molecule has 0 aromatic carbocycles. The van der Waals surface area contributed by atoms with Crippen LogP contribution in [0.25, 0.3) is 0 Å². The third-order valence-corrected chi connectivity index (χ3v) is 6.23. The van der Waals surface area contributed by atoms with E-state index < -0.39 is 49.0 Å². The Labute approximate surface area is 192 Å². The van der Waals surface area contributed by atoms with E-state index in [1.807, 2.05) is 0 Å². The van der Waals surface area contributed by atoms with E-state index in [2.05, 4.69) is 13.8 Å². The highest BCUT2D eigenvalue weighted by atomic mass is 16.7. The molecule has 0 bridgehead atoms. The van der Waals surface area contributed by atoms with Crippen molar-refractivity contribution in [2.75, 3.05) is 63.0 Å². The average molecular weight is 467 g/mol. The van der Waals surface area contributed by atoms with Crippen molar-refractivity contribution in [1.82, 2.24) is 0 Å². The van der Waals surface area contributed by atoms with Crippen LogP contribution in [0.15, 0.2) is 0 Å². The summed E-state index contributed by atoms with van der Waals surface area (Å²) in [7, 11) is 11.3. The van der Waals surface area contributed by atoms with Crippen LogP contribution >= 0.6 is 0 Å². The van der Waals surface area contributed by atoms with Crippen molar-refractivity contribution >= 4 is 0 Å². The molecule has 0 spiro atoms. The molecule has 10 unspecified atom stereocenters. The van der Waals surface area contributed by atoms with E-state index in [1.54, 1.807) is 49.8 Å². The van der Waals surface area contributed by atoms with Gasteiger partial charge in [0.2, 0.25) is 0 Å². The number of methoxy groups -OCH3 is 7. The van der Waals surface area contributed by atoms with Gasteiger partial charge in [0, 0.05) is 49.8 Å². The second-order valence-corrected chi connectivity index (χ2v) is 8.44. The molecule has 2 saturated heterocycles. The highest BCUT2D eigenvalue weighted by molar-refractivity contribution is 4.98. The van der Waals surface area contributed by atoms with E-state index in [0.717, 1.165) is 0 Å². The largest absolute Gasteiger partial charge is 0.382 e. The molecule has 190 valence electrons. The van der Waals surface area contributed by atoms with Gasteiger partial charge in [0.15, 0.2) is 6.29 Å². The molecule has 0 saturated carbocycles. The Kier molecular flexibility index (Phi) is 11.7. The van der Waals surface area contributed by atoms with Crippen molar-refractivity contribution in [2.24, 2.45) is 5.92 Å². The molecule has 0 aromatic heterocycles. The summed E-state index contributed by atoms with van der Waals surface area (Å²) < 4.78 is 58.8. The Hall–Kier alpha value is -0.400. The molecule has 0 N–H and O–H groups in total. The van der Waals surface area contributed by atoms with Crippen LogP contribution < -0.4 is 0 Å². The van der Waals surface area contributed by atoms with Crippen LogP contribution in [0.4, 0.5) is 0 Å². The van der Waals surface area contributed by atoms with Crippen molar-refractivity contribution < 1.29 is 47.4 Å². The Morgan fingerprint density at radius 3 is 1.47 bits per heavy atom. The van der Waals surface area contributed by atoms with E-state index in [0.29, 0.717) is 13.2 Å². The summed E-state index contributed by atoms with van der Waals surface area (Å²) in [4.78, 5) is 0. The van der Waals surface area contributed by atoms with E-state index in [1.165, 1.54) is 0 Å². The maximum absolute atomic E-state index is 6.52. The molecule has 10 heteroatoms. The molecular formula is C22H42O10. The zero-order valence-electron chi connectivity index (χ0n) is 20.8.